The van der Waals surface area contributed by atoms with E-state index in [2.05, 4.69) is 38.6 Å². The normalized spacial score (nSPS) is 18.8. The van der Waals surface area contributed by atoms with Crippen molar-refractivity contribution >= 4 is 11.9 Å². The van der Waals surface area contributed by atoms with Gasteiger partial charge in [-0.1, -0.05) is 13.8 Å². The zero-order valence-electron chi connectivity index (χ0n) is 13.4. The average molecular weight is 294 g/mol. The lowest BCUT2D eigenvalue weighted by atomic mass is 10.2. The van der Waals surface area contributed by atoms with Crippen LogP contribution in [0.4, 0.5) is 11.9 Å². The van der Waals surface area contributed by atoms with E-state index in [1.54, 1.807) is 0 Å². The van der Waals surface area contributed by atoms with E-state index in [0.717, 1.165) is 32.6 Å². The minimum absolute atomic E-state index is 0.0154. The molecule has 0 spiro atoms. The Morgan fingerprint density at radius 2 is 2.00 bits per heavy atom. The third-order valence-electron chi connectivity index (χ3n) is 3.74. The van der Waals surface area contributed by atoms with Crippen LogP contribution in [-0.4, -0.2) is 58.2 Å². The Morgan fingerprint density at radius 3 is 2.62 bits per heavy atom. The van der Waals surface area contributed by atoms with Crippen LogP contribution in [0.3, 0.4) is 0 Å². The van der Waals surface area contributed by atoms with E-state index in [1.165, 1.54) is 0 Å². The maximum absolute atomic E-state index is 5.77. The van der Waals surface area contributed by atoms with Gasteiger partial charge in [0.25, 0.3) is 0 Å². The standard InChI is InChI=1S/C14H26N6O/c1-5-19(6-2)11-7-8-20(9-11)13-16-12(15)17-14(18-13)21-10(3)4/h10-11H,5-9H2,1-4H3,(H2,15,16,17,18). The summed E-state index contributed by atoms with van der Waals surface area (Å²) in [6.45, 7) is 12.3. The number of likely N-dealkylation sites (N-methyl/N-ethyl adjacent to an activating group) is 1. The lowest BCUT2D eigenvalue weighted by Gasteiger charge is -2.26. The second-order valence-electron chi connectivity index (χ2n) is 5.55. The van der Waals surface area contributed by atoms with Gasteiger partial charge in [0.05, 0.1) is 6.10 Å². The molecule has 1 fully saturated rings. The van der Waals surface area contributed by atoms with Gasteiger partial charge < -0.3 is 15.4 Å². The molecule has 1 aromatic rings. The molecule has 2 rings (SSSR count). The van der Waals surface area contributed by atoms with Gasteiger partial charge in [0.1, 0.15) is 0 Å². The summed E-state index contributed by atoms with van der Waals surface area (Å²) in [5.41, 5.74) is 5.77. The number of nitrogens with zero attached hydrogens (tertiary/aromatic N) is 5. The van der Waals surface area contributed by atoms with Crippen molar-refractivity contribution in [3.8, 4) is 6.01 Å². The first-order valence-electron chi connectivity index (χ1n) is 7.70. The molecule has 1 aromatic heterocycles. The van der Waals surface area contributed by atoms with Crippen molar-refractivity contribution in [3.63, 3.8) is 0 Å². The van der Waals surface area contributed by atoms with Gasteiger partial charge in [-0.2, -0.15) is 15.0 Å². The Hall–Kier alpha value is -1.63. The van der Waals surface area contributed by atoms with Crippen LogP contribution in [0.25, 0.3) is 0 Å². The lowest BCUT2D eigenvalue weighted by molar-refractivity contribution is 0.221. The molecule has 1 atom stereocenters. The smallest absolute Gasteiger partial charge is 0.323 e. The second kappa shape index (κ2) is 6.89. The van der Waals surface area contributed by atoms with Crippen molar-refractivity contribution in [2.75, 3.05) is 36.8 Å². The summed E-state index contributed by atoms with van der Waals surface area (Å²) < 4.78 is 5.53. The fourth-order valence-corrected chi connectivity index (χ4v) is 2.73. The van der Waals surface area contributed by atoms with E-state index >= 15 is 0 Å². The second-order valence-corrected chi connectivity index (χ2v) is 5.55. The molecule has 0 aromatic carbocycles. The van der Waals surface area contributed by atoms with Crippen LogP contribution in [0.1, 0.15) is 34.1 Å². The van der Waals surface area contributed by atoms with Gasteiger partial charge in [0.2, 0.25) is 11.9 Å². The Kier molecular flexibility index (Phi) is 5.17. The first-order valence-corrected chi connectivity index (χ1v) is 7.70. The summed E-state index contributed by atoms with van der Waals surface area (Å²) in [7, 11) is 0. The molecule has 0 aliphatic carbocycles. The number of aromatic nitrogens is 3. The largest absolute Gasteiger partial charge is 0.461 e. The molecule has 2 N–H and O–H groups in total. The quantitative estimate of drug-likeness (QED) is 0.843. The van der Waals surface area contributed by atoms with Crippen molar-refractivity contribution < 1.29 is 4.74 Å². The highest BCUT2D eigenvalue weighted by molar-refractivity contribution is 5.37. The monoisotopic (exact) mass is 294 g/mol. The molecule has 2 heterocycles. The molecule has 0 radical (unpaired) electrons. The van der Waals surface area contributed by atoms with Gasteiger partial charge in [0, 0.05) is 19.1 Å². The predicted octanol–water partition coefficient (Wildman–Crippen LogP) is 1.16. The Bertz CT molecular complexity index is 463. The highest BCUT2D eigenvalue weighted by Gasteiger charge is 2.28. The Morgan fingerprint density at radius 1 is 1.29 bits per heavy atom. The molecule has 7 nitrogen and oxygen atoms in total. The summed E-state index contributed by atoms with van der Waals surface area (Å²) in [4.78, 5) is 17.3. The summed E-state index contributed by atoms with van der Waals surface area (Å²) in [6.07, 6.45) is 1.13. The van der Waals surface area contributed by atoms with E-state index in [9.17, 15) is 0 Å². The van der Waals surface area contributed by atoms with Gasteiger partial charge in [-0.05, 0) is 33.4 Å². The SMILES string of the molecule is CCN(CC)C1CCN(c2nc(N)nc(OC(C)C)n2)C1. The maximum Gasteiger partial charge on any atom is 0.323 e. The van der Waals surface area contributed by atoms with E-state index < -0.39 is 0 Å². The third kappa shape index (κ3) is 3.93. The fourth-order valence-electron chi connectivity index (χ4n) is 2.73. The zero-order valence-corrected chi connectivity index (χ0v) is 13.4. The molecule has 118 valence electrons. The van der Waals surface area contributed by atoms with Crippen molar-refractivity contribution in [2.24, 2.45) is 0 Å². The lowest BCUT2D eigenvalue weighted by Crippen LogP contribution is -2.37. The van der Waals surface area contributed by atoms with Crippen molar-refractivity contribution in [1.82, 2.24) is 19.9 Å². The first kappa shape index (κ1) is 15.8. The number of ether oxygens (including phenoxy) is 1. The van der Waals surface area contributed by atoms with Crippen LogP contribution in [0.15, 0.2) is 0 Å². The van der Waals surface area contributed by atoms with E-state index in [4.69, 9.17) is 10.5 Å². The fraction of sp³-hybridized carbons (Fsp3) is 0.786. The first-order chi connectivity index (χ1) is 10.0. The van der Waals surface area contributed by atoms with Crippen LogP contribution in [-0.2, 0) is 0 Å². The molecular formula is C14H26N6O. The average Bonchev–Trinajstić information content (AvgIpc) is 2.88. The number of hydrogen-bond donors (Lipinski definition) is 1. The molecular weight excluding hydrogens is 268 g/mol. The molecule has 0 amide bonds. The van der Waals surface area contributed by atoms with Crippen LogP contribution >= 0.6 is 0 Å². The Balaban J connectivity index is 2.10. The van der Waals surface area contributed by atoms with Gasteiger partial charge in [-0.3, -0.25) is 4.90 Å². The van der Waals surface area contributed by atoms with E-state index in [-0.39, 0.29) is 12.1 Å². The van der Waals surface area contributed by atoms with Crippen LogP contribution in [0.5, 0.6) is 6.01 Å². The van der Waals surface area contributed by atoms with Gasteiger partial charge in [-0.25, -0.2) is 0 Å². The van der Waals surface area contributed by atoms with E-state index in [0.29, 0.717) is 18.0 Å². The Labute approximate surface area is 126 Å². The molecule has 1 aliphatic rings. The maximum atomic E-state index is 5.77. The number of nitrogen functional groups attached to an aromatic ring is 1. The van der Waals surface area contributed by atoms with Crippen LogP contribution < -0.4 is 15.4 Å². The molecule has 7 heteroatoms. The third-order valence-corrected chi connectivity index (χ3v) is 3.74. The van der Waals surface area contributed by atoms with E-state index in [1.807, 2.05) is 13.8 Å². The molecule has 1 aliphatic heterocycles. The summed E-state index contributed by atoms with van der Waals surface area (Å²) >= 11 is 0. The van der Waals surface area contributed by atoms with Crippen molar-refractivity contribution in [3.05, 3.63) is 0 Å². The molecule has 0 saturated carbocycles. The summed E-state index contributed by atoms with van der Waals surface area (Å²) in [5, 5.41) is 0. The van der Waals surface area contributed by atoms with Crippen molar-refractivity contribution in [2.45, 2.75) is 46.3 Å². The van der Waals surface area contributed by atoms with Gasteiger partial charge in [-0.15, -0.1) is 0 Å². The molecule has 1 saturated heterocycles. The molecule has 21 heavy (non-hydrogen) atoms. The summed E-state index contributed by atoms with van der Waals surface area (Å²) in [5.74, 6) is 0.828. The number of hydrogen-bond acceptors (Lipinski definition) is 7. The zero-order chi connectivity index (χ0) is 15.4. The van der Waals surface area contributed by atoms with Gasteiger partial charge in [0.15, 0.2) is 0 Å². The predicted molar refractivity (Wildman–Crippen MR) is 83.5 cm³/mol. The minimum Gasteiger partial charge on any atom is -0.461 e. The number of anilines is 2. The number of rotatable bonds is 6. The van der Waals surface area contributed by atoms with Crippen molar-refractivity contribution in [1.29, 1.82) is 0 Å². The topological polar surface area (TPSA) is 80.4 Å². The molecule has 1 unspecified atom stereocenters. The highest BCUT2D eigenvalue weighted by Crippen LogP contribution is 2.22. The molecule has 0 bridgehead atoms. The van der Waals surface area contributed by atoms with Gasteiger partial charge >= 0.3 is 6.01 Å². The summed E-state index contributed by atoms with van der Waals surface area (Å²) in [6, 6.07) is 0.853. The number of nitrogens with two attached hydrogens (primary N) is 1. The minimum atomic E-state index is 0.0154. The van der Waals surface area contributed by atoms with Crippen LogP contribution in [0.2, 0.25) is 0 Å². The highest BCUT2D eigenvalue weighted by atomic mass is 16.5. The van der Waals surface area contributed by atoms with Crippen LogP contribution in [0, 0.1) is 0 Å².